The summed E-state index contributed by atoms with van der Waals surface area (Å²) in [4.78, 5) is 0.205. The zero-order valence-corrected chi connectivity index (χ0v) is 15.4. The second-order valence-electron chi connectivity index (χ2n) is 4.68. The maximum atomic E-state index is 12.4. The van der Waals surface area contributed by atoms with E-state index < -0.39 is 10.1 Å². The zero-order valence-electron chi connectivity index (χ0n) is 11.8. The van der Waals surface area contributed by atoms with Gasteiger partial charge in [0.25, 0.3) is 10.1 Å². The molecule has 110 valence electrons. The molecule has 0 spiro atoms. The molecule has 0 atom stereocenters. The minimum atomic E-state index is -3.79. The number of benzene rings is 3. The van der Waals surface area contributed by atoms with E-state index in [1.54, 1.807) is 18.2 Å². The molecule has 0 fully saturated rings. The Balaban J connectivity index is 0.00000176. The van der Waals surface area contributed by atoms with Gasteiger partial charge in [0, 0.05) is 29.3 Å². The Morgan fingerprint density at radius 2 is 1.41 bits per heavy atom. The van der Waals surface area contributed by atoms with Gasteiger partial charge in [-0.25, -0.2) is 0 Å². The summed E-state index contributed by atoms with van der Waals surface area (Å²) in [6, 6.07) is 21.8. The largest absolute Gasteiger partial charge is 0.297 e. The Morgan fingerprint density at radius 3 is 2.18 bits per heavy atom. The minimum absolute atomic E-state index is 0. The molecule has 0 aliphatic rings. The third-order valence-corrected chi connectivity index (χ3v) is 4.57. The average Bonchev–Trinajstić information content (AvgIpc) is 2.53. The zero-order chi connectivity index (χ0) is 14.7. The molecular weight excluding hydrogens is 403 g/mol. The second kappa shape index (κ2) is 7.26. The maximum Gasteiger partial charge on any atom is 0.297 e. The fraction of sp³-hybridized carbons (Fsp3) is 0.0588. The summed E-state index contributed by atoms with van der Waals surface area (Å²) in [5.41, 5.74) is 0.821. The molecule has 3 nitrogen and oxygen atoms in total. The molecule has 0 saturated carbocycles. The van der Waals surface area contributed by atoms with E-state index in [0.29, 0.717) is 5.39 Å². The first kappa shape index (κ1) is 17.0. The number of hydrogen-bond acceptors (Lipinski definition) is 3. The summed E-state index contributed by atoms with van der Waals surface area (Å²) in [7, 11) is -3.79. The number of hydrogen-bond donors (Lipinski definition) is 0. The van der Waals surface area contributed by atoms with E-state index in [9.17, 15) is 8.42 Å². The summed E-state index contributed by atoms with van der Waals surface area (Å²) in [6.45, 7) is 0.0341. The van der Waals surface area contributed by atoms with Crippen molar-refractivity contribution in [1.29, 1.82) is 0 Å². The van der Waals surface area contributed by atoms with Crippen molar-refractivity contribution in [2.75, 3.05) is 0 Å². The standard InChI is InChI=1S/C17H14O3S.Sn/c18-21(19,20-13-14-7-2-1-3-8-14)17-12-6-10-15-9-4-5-11-16(15)17;/h1-12H,13H2;. The molecule has 3 aromatic rings. The van der Waals surface area contributed by atoms with Crippen molar-refractivity contribution >= 4 is 44.8 Å². The van der Waals surface area contributed by atoms with Crippen LogP contribution in [0.4, 0.5) is 0 Å². The van der Waals surface area contributed by atoms with Crippen LogP contribution in [0, 0.1) is 0 Å². The molecule has 0 bridgehead atoms. The van der Waals surface area contributed by atoms with Crippen molar-refractivity contribution in [2.24, 2.45) is 0 Å². The van der Waals surface area contributed by atoms with Crippen LogP contribution in [0.5, 0.6) is 0 Å². The van der Waals surface area contributed by atoms with Gasteiger partial charge in [0.05, 0.1) is 6.61 Å². The quantitative estimate of drug-likeness (QED) is 0.483. The molecule has 0 saturated heterocycles. The molecule has 0 unspecified atom stereocenters. The van der Waals surface area contributed by atoms with Crippen LogP contribution in [0.1, 0.15) is 5.56 Å². The Hall–Kier alpha value is -1.37. The monoisotopic (exact) mass is 418 g/mol. The third kappa shape index (κ3) is 3.69. The van der Waals surface area contributed by atoms with E-state index >= 15 is 0 Å². The number of fused-ring (bicyclic) bond motifs is 1. The molecule has 3 rings (SSSR count). The first-order valence-electron chi connectivity index (χ1n) is 6.58. The molecule has 0 aromatic heterocycles. The molecule has 0 aliphatic carbocycles. The van der Waals surface area contributed by atoms with Crippen molar-refractivity contribution in [3.8, 4) is 0 Å². The molecule has 3 aromatic carbocycles. The average molecular weight is 417 g/mol. The first-order chi connectivity index (χ1) is 10.2. The Bertz CT molecular complexity index is 856. The predicted octanol–water partition coefficient (Wildman–Crippen LogP) is 3.36. The summed E-state index contributed by atoms with van der Waals surface area (Å²) in [6.07, 6.45) is 0. The van der Waals surface area contributed by atoms with Gasteiger partial charge in [-0.05, 0) is 17.0 Å². The van der Waals surface area contributed by atoms with Crippen LogP contribution >= 0.6 is 0 Å². The van der Waals surface area contributed by atoms with Gasteiger partial charge < -0.3 is 0 Å². The fourth-order valence-electron chi connectivity index (χ4n) is 2.20. The second-order valence-corrected chi connectivity index (χ2v) is 6.26. The summed E-state index contributed by atoms with van der Waals surface area (Å²) in [5.74, 6) is 0. The van der Waals surface area contributed by atoms with E-state index in [4.69, 9.17) is 4.18 Å². The Labute approximate surface area is 147 Å². The molecule has 22 heavy (non-hydrogen) atoms. The van der Waals surface area contributed by atoms with E-state index in [2.05, 4.69) is 0 Å². The smallest absolute Gasteiger partial charge is 0.262 e. The number of rotatable bonds is 4. The van der Waals surface area contributed by atoms with E-state index in [1.165, 1.54) is 0 Å². The SMILES string of the molecule is O=S(=O)(OCc1ccccc1)c1cccc2ccccc12.[Sn]. The van der Waals surface area contributed by atoms with Crippen LogP contribution < -0.4 is 0 Å². The van der Waals surface area contributed by atoms with Crippen LogP contribution in [0.2, 0.25) is 0 Å². The normalized spacial score (nSPS) is 11.1. The molecular formula is C17H14O3SSn. The Kier molecular flexibility index (Phi) is 5.61. The van der Waals surface area contributed by atoms with Gasteiger partial charge in [-0.3, -0.25) is 4.18 Å². The summed E-state index contributed by atoms with van der Waals surface area (Å²) >= 11 is 0. The topological polar surface area (TPSA) is 43.4 Å². The maximum absolute atomic E-state index is 12.4. The van der Waals surface area contributed by atoms with Crippen molar-refractivity contribution in [1.82, 2.24) is 0 Å². The fourth-order valence-corrected chi connectivity index (χ4v) is 3.32. The van der Waals surface area contributed by atoms with Gasteiger partial charge in [0.2, 0.25) is 0 Å². The first-order valence-corrected chi connectivity index (χ1v) is 7.99. The molecule has 0 heterocycles. The van der Waals surface area contributed by atoms with Gasteiger partial charge in [-0.1, -0.05) is 66.7 Å². The van der Waals surface area contributed by atoms with Crippen LogP contribution in [0.15, 0.2) is 77.7 Å². The summed E-state index contributed by atoms with van der Waals surface area (Å²) in [5, 5.41) is 1.55. The minimum Gasteiger partial charge on any atom is -0.262 e. The third-order valence-electron chi connectivity index (χ3n) is 3.24. The van der Waals surface area contributed by atoms with Crippen molar-refractivity contribution < 1.29 is 12.6 Å². The van der Waals surface area contributed by atoms with Crippen molar-refractivity contribution in [2.45, 2.75) is 11.5 Å². The van der Waals surface area contributed by atoms with E-state index in [0.717, 1.165) is 10.9 Å². The van der Waals surface area contributed by atoms with E-state index in [1.807, 2.05) is 54.6 Å². The molecule has 0 amide bonds. The van der Waals surface area contributed by atoms with Gasteiger partial charge in [0.1, 0.15) is 4.90 Å². The molecule has 0 aliphatic heterocycles. The van der Waals surface area contributed by atoms with E-state index in [-0.39, 0.29) is 35.4 Å². The van der Waals surface area contributed by atoms with Gasteiger partial charge in [0.15, 0.2) is 0 Å². The van der Waals surface area contributed by atoms with Crippen LogP contribution in [0.25, 0.3) is 10.8 Å². The molecule has 5 heteroatoms. The molecule has 0 N–H and O–H groups in total. The van der Waals surface area contributed by atoms with Crippen LogP contribution in [-0.4, -0.2) is 32.3 Å². The summed E-state index contributed by atoms with van der Waals surface area (Å²) < 4.78 is 30.0. The molecule has 4 radical (unpaired) electrons. The van der Waals surface area contributed by atoms with Gasteiger partial charge >= 0.3 is 0 Å². The van der Waals surface area contributed by atoms with Gasteiger partial charge in [-0.2, -0.15) is 8.42 Å². The van der Waals surface area contributed by atoms with Gasteiger partial charge in [-0.15, -0.1) is 0 Å². The Morgan fingerprint density at radius 1 is 0.773 bits per heavy atom. The van der Waals surface area contributed by atoms with Crippen LogP contribution in [-0.2, 0) is 20.9 Å². The van der Waals surface area contributed by atoms with Crippen molar-refractivity contribution in [3.05, 3.63) is 78.4 Å². The van der Waals surface area contributed by atoms with Crippen LogP contribution in [0.3, 0.4) is 0 Å². The van der Waals surface area contributed by atoms with Crippen molar-refractivity contribution in [3.63, 3.8) is 0 Å². The predicted molar refractivity (Wildman–Crippen MR) is 88.1 cm³/mol.